The predicted octanol–water partition coefficient (Wildman–Crippen LogP) is 2.80. The van der Waals surface area contributed by atoms with Crippen molar-refractivity contribution in [2.75, 3.05) is 11.1 Å². The summed E-state index contributed by atoms with van der Waals surface area (Å²) < 4.78 is 12.8. The van der Waals surface area contributed by atoms with E-state index in [1.807, 2.05) is 0 Å². The molecule has 6 heteroatoms. The fourth-order valence-electron chi connectivity index (χ4n) is 1.76. The van der Waals surface area contributed by atoms with Crippen LogP contribution in [0.15, 0.2) is 48.5 Å². The Morgan fingerprint density at radius 2 is 1.68 bits per heavy atom. The van der Waals surface area contributed by atoms with E-state index in [4.69, 9.17) is 5.73 Å². The molecule has 0 bridgehead atoms. The number of amides is 2. The van der Waals surface area contributed by atoms with E-state index in [0.29, 0.717) is 17.0 Å². The molecule has 0 saturated heterocycles. The molecule has 0 aromatic heterocycles. The van der Waals surface area contributed by atoms with Gasteiger partial charge in [0.05, 0.1) is 5.75 Å². The van der Waals surface area contributed by atoms with Crippen molar-refractivity contribution in [1.29, 1.82) is 0 Å². The van der Waals surface area contributed by atoms with Crippen molar-refractivity contribution in [3.8, 4) is 0 Å². The second-order valence-corrected chi connectivity index (χ2v) is 5.59. The maximum atomic E-state index is 12.8. The number of anilines is 1. The Morgan fingerprint density at radius 3 is 2.27 bits per heavy atom. The molecule has 0 aliphatic carbocycles. The highest BCUT2D eigenvalue weighted by molar-refractivity contribution is 7.99. The molecule has 114 valence electrons. The van der Waals surface area contributed by atoms with Crippen molar-refractivity contribution in [1.82, 2.24) is 0 Å². The Kier molecular flexibility index (Phi) is 5.55. The summed E-state index contributed by atoms with van der Waals surface area (Å²) in [6.45, 7) is 0. The van der Waals surface area contributed by atoms with Gasteiger partial charge in [0.15, 0.2) is 0 Å². The summed E-state index contributed by atoms with van der Waals surface area (Å²) in [7, 11) is 0. The molecule has 22 heavy (non-hydrogen) atoms. The van der Waals surface area contributed by atoms with Gasteiger partial charge in [-0.05, 0) is 42.0 Å². The van der Waals surface area contributed by atoms with E-state index in [-0.39, 0.29) is 17.5 Å². The zero-order valence-electron chi connectivity index (χ0n) is 11.7. The van der Waals surface area contributed by atoms with Gasteiger partial charge in [-0.1, -0.05) is 12.1 Å². The Bertz CT molecular complexity index is 657. The van der Waals surface area contributed by atoms with Gasteiger partial charge >= 0.3 is 0 Å². The molecular formula is C16H15FN2O2S. The fourth-order valence-corrected chi connectivity index (χ4v) is 2.54. The van der Waals surface area contributed by atoms with E-state index in [1.165, 1.54) is 23.9 Å². The molecule has 2 rings (SSSR count). The molecule has 0 spiro atoms. The number of carbonyl (C=O) groups excluding carboxylic acids is 2. The number of primary amides is 1. The van der Waals surface area contributed by atoms with Gasteiger partial charge < -0.3 is 11.1 Å². The molecule has 0 saturated carbocycles. The maximum Gasteiger partial charge on any atom is 0.248 e. The number of nitrogens with one attached hydrogen (secondary N) is 1. The number of nitrogens with two attached hydrogens (primary N) is 1. The van der Waals surface area contributed by atoms with Gasteiger partial charge in [0.1, 0.15) is 5.82 Å². The van der Waals surface area contributed by atoms with Gasteiger partial charge in [0.2, 0.25) is 11.8 Å². The van der Waals surface area contributed by atoms with Crippen molar-refractivity contribution in [2.45, 2.75) is 5.75 Å². The first-order chi connectivity index (χ1) is 10.5. The topological polar surface area (TPSA) is 72.2 Å². The van der Waals surface area contributed by atoms with Crippen LogP contribution in [0.5, 0.6) is 0 Å². The predicted molar refractivity (Wildman–Crippen MR) is 86.2 cm³/mol. The van der Waals surface area contributed by atoms with E-state index < -0.39 is 5.91 Å². The standard InChI is InChI=1S/C16H15FN2O2S/c17-13-5-1-11(2-6-13)9-22-10-15(20)19-14-7-3-12(4-8-14)16(18)21/h1-8H,9-10H2,(H2,18,21)(H,19,20). The quantitative estimate of drug-likeness (QED) is 0.860. The Hall–Kier alpha value is -2.34. The van der Waals surface area contributed by atoms with Crippen LogP contribution >= 0.6 is 11.8 Å². The van der Waals surface area contributed by atoms with Crippen molar-refractivity contribution >= 4 is 29.3 Å². The highest BCUT2D eigenvalue weighted by atomic mass is 32.2. The number of halogens is 1. The van der Waals surface area contributed by atoms with Crippen LogP contribution in [-0.4, -0.2) is 17.6 Å². The van der Waals surface area contributed by atoms with Crippen LogP contribution in [0.3, 0.4) is 0 Å². The van der Waals surface area contributed by atoms with Gasteiger partial charge in [0.25, 0.3) is 0 Å². The number of hydrogen-bond acceptors (Lipinski definition) is 3. The van der Waals surface area contributed by atoms with Gasteiger partial charge in [0, 0.05) is 17.0 Å². The molecule has 0 aliphatic heterocycles. The lowest BCUT2D eigenvalue weighted by atomic mass is 10.2. The summed E-state index contributed by atoms with van der Waals surface area (Å²) >= 11 is 1.44. The first-order valence-electron chi connectivity index (χ1n) is 6.56. The number of rotatable bonds is 6. The Labute approximate surface area is 131 Å². The van der Waals surface area contributed by atoms with Crippen LogP contribution in [-0.2, 0) is 10.5 Å². The first-order valence-corrected chi connectivity index (χ1v) is 7.72. The van der Waals surface area contributed by atoms with E-state index in [1.54, 1.807) is 36.4 Å². The number of hydrogen-bond donors (Lipinski definition) is 2. The zero-order chi connectivity index (χ0) is 15.9. The molecule has 0 unspecified atom stereocenters. The molecule has 0 aliphatic rings. The third-order valence-corrected chi connectivity index (χ3v) is 3.87. The molecule has 0 atom stereocenters. The normalized spacial score (nSPS) is 10.2. The summed E-state index contributed by atoms with van der Waals surface area (Å²) in [4.78, 5) is 22.7. The van der Waals surface area contributed by atoms with Crippen molar-refractivity contribution < 1.29 is 14.0 Å². The lowest BCUT2D eigenvalue weighted by molar-refractivity contribution is -0.113. The smallest absolute Gasteiger partial charge is 0.248 e. The first kappa shape index (κ1) is 16.0. The average molecular weight is 318 g/mol. The summed E-state index contributed by atoms with van der Waals surface area (Å²) in [6.07, 6.45) is 0. The lowest BCUT2D eigenvalue weighted by Gasteiger charge is -2.06. The molecule has 2 amide bonds. The summed E-state index contributed by atoms with van der Waals surface area (Å²) in [5, 5.41) is 2.73. The fraction of sp³-hybridized carbons (Fsp3) is 0.125. The van der Waals surface area contributed by atoms with Crippen LogP contribution in [0.4, 0.5) is 10.1 Å². The van der Waals surface area contributed by atoms with E-state index in [2.05, 4.69) is 5.32 Å². The molecule has 0 radical (unpaired) electrons. The van der Waals surface area contributed by atoms with Gasteiger partial charge in [-0.15, -0.1) is 11.8 Å². The molecular weight excluding hydrogens is 303 g/mol. The van der Waals surface area contributed by atoms with Crippen LogP contribution in [0.2, 0.25) is 0 Å². The van der Waals surface area contributed by atoms with Crippen molar-refractivity contribution in [3.05, 3.63) is 65.5 Å². The number of thioether (sulfide) groups is 1. The highest BCUT2D eigenvalue weighted by Gasteiger charge is 2.05. The maximum absolute atomic E-state index is 12.8. The summed E-state index contributed by atoms with van der Waals surface area (Å²) in [6, 6.07) is 12.6. The van der Waals surface area contributed by atoms with Gasteiger partial charge in [-0.25, -0.2) is 4.39 Å². The lowest BCUT2D eigenvalue weighted by Crippen LogP contribution is -2.15. The third-order valence-electron chi connectivity index (χ3n) is 2.87. The Morgan fingerprint density at radius 1 is 1.05 bits per heavy atom. The van der Waals surface area contributed by atoms with Crippen LogP contribution < -0.4 is 11.1 Å². The zero-order valence-corrected chi connectivity index (χ0v) is 12.5. The van der Waals surface area contributed by atoms with Gasteiger partial charge in [-0.3, -0.25) is 9.59 Å². The minimum Gasteiger partial charge on any atom is -0.366 e. The monoisotopic (exact) mass is 318 g/mol. The average Bonchev–Trinajstić information content (AvgIpc) is 2.50. The number of carbonyl (C=O) groups is 2. The highest BCUT2D eigenvalue weighted by Crippen LogP contribution is 2.14. The van der Waals surface area contributed by atoms with Crippen LogP contribution in [0.25, 0.3) is 0 Å². The minimum absolute atomic E-state index is 0.140. The summed E-state index contributed by atoms with van der Waals surface area (Å²) in [5.41, 5.74) is 7.11. The second kappa shape index (κ2) is 7.61. The third kappa shape index (κ3) is 4.89. The SMILES string of the molecule is NC(=O)c1ccc(NC(=O)CSCc2ccc(F)cc2)cc1. The molecule has 4 nitrogen and oxygen atoms in total. The molecule has 0 fully saturated rings. The second-order valence-electron chi connectivity index (χ2n) is 4.61. The van der Waals surface area contributed by atoms with Gasteiger partial charge in [-0.2, -0.15) is 0 Å². The van der Waals surface area contributed by atoms with E-state index in [0.717, 1.165) is 5.56 Å². The van der Waals surface area contributed by atoms with Crippen molar-refractivity contribution in [3.63, 3.8) is 0 Å². The minimum atomic E-state index is -0.507. The largest absolute Gasteiger partial charge is 0.366 e. The Balaban J connectivity index is 1.77. The molecule has 3 N–H and O–H groups in total. The molecule has 2 aromatic rings. The molecule has 2 aromatic carbocycles. The van der Waals surface area contributed by atoms with E-state index >= 15 is 0 Å². The molecule has 0 heterocycles. The van der Waals surface area contributed by atoms with Crippen LogP contribution in [0.1, 0.15) is 15.9 Å². The number of benzene rings is 2. The van der Waals surface area contributed by atoms with Crippen LogP contribution in [0, 0.1) is 5.82 Å². The van der Waals surface area contributed by atoms with Crippen molar-refractivity contribution in [2.24, 2.45) is 5.73 Å². The van der Waals surface area contributed by atoms with E-state index in [9.17, 15) is 14.0 Å². The summed E-state index contributed by atoms with van der Waals surface area (Å²) in [5.74, 6) is 0.000982.